The number of carbonyl (C=O) groups is 4. The molecule has 0 radical (unpaired) electrons. The van der Waals surface area contributed by atoms with Gasteiger partial charge in [0, 0.05) is 56.7 Å². The number of methoxy groups -OCH3 is 3. The summed E-state index contributed by atoms with van der Waals surface area (Å²) in [5.41, 5.74) is 36.9. The number of nitro groups is 3. The number of benzene rings is 8. The van der Waals surface area contributed by atoms with Crippen molar-refractivity contribution in [3.8, 4) is 18.2 Å². The quantitative estimate of drug-likeness (QED) is 0.0164. The zero-order valence-electron chi connectivity index (χ0n) is 50.5. The minimum atomic E-state index is -1.29. The van der Waals surface area contributed by atoms with Gasteiger partial charge < -0.3 is 59.8 Å². The molecule has 8 rings (SSSR count). The third kappa shape index (κ3) is 29.0. The third-order valence-corrected chi connectivity index (χ3v) is 11.9. The monoisotopic (exact) mass is 1360 g/mol. The molecule has 0 bridgehead atoms. The Morgan fingerprint density at radius 2 is 0.783 bits per heavy atom. The number of nitrogens with two attached hydrogens (primary N) is 5. The van der Waals surface area contributed by atoms with Gasteiger partial charge in [-0.15, -0.1) is 0 Å². The Morgan fingerprint density at radius 1 is 0.435 bits per heavy atom. The van der Waals surface area contributed by atoms with Crippen molar-refractivity contribution in [3.05, 3.63) is 272 Å². The van der Waals surface area contributed by atoms with Gasteiger partial charge in [-0.05, 0) is 136 Å². The number of nitriles is 3. The second-order valence-corrected chi connectivity index (χ2v) is 18.7. The van der Waals surface area contributed by atoms with Crippen molar-refractivity contribution in [1.82, 2.24) is 0 Å². The topological polar surface area (TPSA) is 471 Å². The summed E-state index contributed by atoms with van der Waals surface area (Å²) in [5, 5.41) is 71.4. The number of aryl methyl sites for hydroxylation is 5. The first kappa shape index (κ1) is 81.9. The van der Waals surface area contributed by atoms with Crippen LogP contribution in [0.3, 0.4) is 0 Å². The van der Waals surface area contributed by atoms with Crippen molar-refractivity contribution in [1.29, 1.82) is 21.0 Å². The number of rotatable bonds is 7. The maximum Gasteiger partial charge on any atom is 1.00 e. The zero-order chi connectivity index (χ0) is 69.5. The molecule has 0 saturated carbocycles. The first-order valence-electron chi connectivity index (χ1n) is 25.6. The van der Waals surface area contributed by atoms with Gasteiger partial charge in [-0.3, -0.25) is 30.3 Å². The predicted octanol–water partition coefficient (Wildman–Crippen LogP) is 12.2. The largest absolute Gasteiger partial charge is 1.00 e. The number of carboxylic acid groups (broad SMARTS) is 1. The van der Waals surface area contributed by atoms with Crippen LogP contribution < -0.4 is 28.7 Å². The molecule has 11 N–H and O–H groups in total. The molecule has 480 valence electrons. The van der Waals surface area contributed by atoms with Crippen LogP contribution in [0.2, 0.25) is 0 Å². The van der Waals surface area contributed by atoms with Gasteiger partial charge in [0.15, 0.2) is 0 Å². The molecule has 0 atom stereocenters. The molecule has 8 aromatic carbocycles. The smallest absolute Gasteiger partial charge is 0.512 e. The molecule has 0 aliphatic rings. The Bertz CT molecular complexity index is 3940. The number of hydrogen-bond acceptors (Lipinski definition) is 22. The number of hydrogen-bond donors (Lipinski definition) is 6. The number of nitrogens with zero attached hydrogens (tertiary/aromatic N) is 7. The standard InChI is InChI=1S/C9H6N2O4.C9H8N2O2.C8H8BrNO2.C8H8N2.C8H11N.C7H5NO4.C7H7NO2.C7H9N.CN.Cu/c1-15-9(12)7-4-6(5-10)2-3-8(7)11(13)14;1-13-9(12)7-4-6(5-10)2-3-8(7)11;1-12-8(11)6-4-5(9)2-3-7(6)10;1-6-4-7(5-9)2-3-8(6)10;1-6-3-4-8(9)7(2)5-6;9-7(10)5-3-1-2-4-6(5)8(11)12;1-6-4-2-3-5-7(6)8(9)10;1-6-4-2-3-5-7(6)8;1-2;/h2-4H,1H3;2-4H,11H2,1H3;2-4H,10H2,1H3;2-4H,10H2,1H3;3-5H,9H2,1-2H3;1-4H,(H,9,10);2-5H,1H3;2-5H,8H2,1H3;;/q;;;;;;;;-1;+1. The molecule has 92 heavy (non-hydrogen) atoms. The number of nitrogen functional groups attached to an aromatic ring is 5. The van der Waals surface area contributed by atoms with Crippen molar-refractivity contribution in [2.24, 2.45) is 0 Å². The Kier molecular flexibility index (Phi) is 38.6. The van der Waals surface area contributed by atoms with Crippen LogP contribution in [0.25, 0.3) is 0 Å². The summed E-state index contributed by atoms with van der Waals surface area (Å²) < 4.78 is 14.2. The number of nitro benzene ring substituents is 3. The van der Waals surface area contributed by atoms with E-state index >= 15 is 0 Å². The molecule has 0 amide bonds. The summed E-state index contributed by atoms with van der Waals surface area (Å²) in [6.07, 6.45) is 0. The van der Waals surface area contributed by atoms with Crippen molar-refractivity contribution in [2.75, 3.05) is 50.0 Å². The molecular formula is C64H62BrCuN12O14. The summed E-state index contributed by atoms with van der Waals surface area (Å²) in [6.45, 7) is 14.4. The Labute approximate surface area is 548 Å². The van der Waals surface area contributed by atoms with E-state index in [4.69, 9.17) is 61.4 Å². The van der Waals surface area contributed by atoms with E-state index in [0.717, 1.165) is 63.5 Å². The molecule has 0 aliphatic carbocycles. The van der Waals surface area contributed by atoms with Crippen molar-refractivity contribution >= 4 is 85.3 Å². The van der Waals surface area contributed by atoms with Crippen LogP contribution in [0.1, 0.15) is 85.9 Å². The fraction of sp³-hybridized carbons (Fsp3) is 0.125. The molecule has 8 aromatic rings. The van der Waals surface area contributed by atoms with E-state index in [9.17, 15) is 49.5 Å². The number of anilines is 5. The van der Waals surface area contributed by atoms with E-state index in [1.54, 1.807) is 73.7 Å². The van der Waals surface area contributed by atoms with Crippen LogP contribution >= 0.6 is 15.9 Å². The summed E-state index contributed by atoms with van der Waals surface area (Å²) in [6, 6.07) is 49.7. The van der Waals surface area contributed by atoms with E-state index in [1.165, 1.54) is 62.2 Å². The molecule has 28 heteroatoms. The second-order valence-electron chi connectivity index (χ2n) is 17.7. The number of aromatic carboxylic acids is 1. The second kappa shape index (κ2) is 43.4. The third-order valence-electron chi connectivity index (χ3n) is 11.4. The van der Waals surface area contributed by atoms with Crippen LogP contribution in [0.15, 0.2) is 168 Å². The van der Waals surface area contributed by atoms with Crippen LogP contribution in [-0.2, 0) is 31.3 Å². The molecule has 0 fully saturated rings. The van der Waals surface area contributed by atoms with E-state index in [0.29, 0.717) is 33.6 Å². The maximum atomic E-state index is 11.2. The Balaban J connectivity index is 0. The zero-order valence-corrected chi connectivity index (χ0v) is 53.1. The molecular weight excluding hydrogens is 1300 g/mol. The first-order valence-corrected chi connectivity index (χ1v) is 26.4. The summed E-state index contributed by atoms with van der Waals surface area (Å²) >= 11 is 3.23. The number of carbonyl (C=O) groups excluding carboxylic acids is 3. The van der Waals surface area contributed by atoms with Gasteiger partial charge in [0.1, 0.15) is 11.1 Å². The predicted molar refractivity (Wildman–Crippen MR) is 345 cm³/mol. The Hall–Kier alpha value is -12.2. The van der Waals surface area contributed by atoms with Gasteiger partial charge in [0.05, 0.1) is 82.1 Å². The van der Waals surface area contributed by atoms with Gasteiger partial charge >= 0.3 is 40.9 Å². The summed E-state index contributed by atoms with van der Waals surface area (Å²) in [7, 11) is 3.70. The van der Waals surface area contributed by atoms with E-state index in [1.807, 2.05) is 69.3 Å². The van der Waals surface area contributed by atoms with Crippen LogP contribution in [0, 0.1) is 111 Å². The minimum Gasteiger partial charge on any atom is -0.512 e. The number of esters is 3. The summed E-state index contributed by atoms with van der Waals surface area (Å²) in [4.78, 5) is 73.0. The SMILES string of the molecule is COC(=O)c1cc(Br)ccc1N.COC(=O)c1cc(C#N)ccc1N.COC(=O)c1cc(C#N)ccc1[N+](=O)[O-].Cc1cc(C#N)ccc1N.Cc1ccc(N)c(C)c1.Cc1ccccc1N.Cc1ccccc1[N+](=O)[O-].O=C(O)c1ccccc1[N+](=O)[O-].[C-]#N.[Cu+]. The van der Waals surface area contributed by atoms with Crippen LogP contribution in [0.4, 0.5) is 45.5 Å². The molecule has 0 aliphatic heterocycles. The molecule has 0 heterocycles. The molecule has 0 spiro atoms. The van der Waals surface area contributed by atoms with Gasteiger partial charge in [-0.1, -0.05) is 82.2 Å². The average molecular weight is 1370 g/mol. The molecule has 26 nitrogen and oxygen atoms in total. The number of ether oxygens (including phenoxy) is 3. The van der Waals surface area contributed by atoms with Crippen LogP contribution in [0.5, 0.6) is 0 Å². The normalized spacial score (nSPS) is 8.91. The fourth-order valence-electron chi connectivity index (χ4n) is 6.51. The number of halogens is 1. The maximum absolute atomic E-state index is 11.2. The van der Waals surface area contributed by atoms with E-state index < -0.39 is 33.7 Å². The van der Waals surface area contributed by atoms with Gasteiger partial charge in [0.25, 0.3) is 17.1 Å². The van der Waals surface area contributed by atoms with Crippen molar-refractivity contribution in [3.63, 3.8) is 0 Å². The van der Waals surface area contributed by atoms with Gasteiger partial charge in [0.2, 0.25) is 0 Å². The van der Waals surface area contributed by atoms with Crippen molar-refractivity contribution < 1.29 is 70.3 Å². The van der Waals surface area contributed by atoms with Gasteiger partial charge in [-0.25, -0.2) is 19.2 Å². The molecule has 0 saturated heterocycles. The average Bonchev–Trinajstić information content (AvgIpc) is 1.31. The summed E-state index contributed by atoms with van der Waals surface area (Å²) in [5.74, 6) is -3.08. The van der Waals surface area contributed by atoms with Crippen LogP contribution in [-0.4, -0.2) is 65.1 Å². The van der Waals surface area contributed by atoms with Gasteiger partial charge in [-0.2, -0.15) is 15.8 Å². The minimum absolute atomic E-state index is 0. The molecule has 0 aromatic heterocycles. The van der Waals surface area contributed by atoms with E-state index in [2.05, 4.69) is 43.1 Å². The fourth-order valence-corrected chi connectivity index (χ4v) is 6.87. The Morgan fingerprint density at radius 3 is 1.16 bits per heavy atom. The first-order chi connectivity index (χ1) is 43.0. The van der Waals surface area contributed by atoms with E-state index in [-0.39, 0.29) is 61.3 Å². The number of para-hydroxylation sites is 3. The molecule has 0 unspecified atom stereocenters. The van der Waals surface area contributed by atoms with Crippen molar-refractivity contribution in [2.45, 2.75) is 34.6 Å². The number of carboxylic acids is 1.